The summed E-state index contributed by atoms with van der Waals surface area (Å²) < 4.78 is 0. The molecule has 0 aromatic carbocycles. The molecule has 0 heterocycles. The molecule has 0 saturated carbocycles. The first-order chi connectivity index (χ1) is 5.65. The Kier molecular flexibility index (Phi) is 7.22. The van der Waals surface area contributed by atoms with Crippen LogP contribution < -0.4 is 0 Å². The van der Waals surface area contributed by atoms with E-state index in [9.17, 15) is 0 Å². The highest BCUT2D eigenvalue weighted by Gasteiger charge is 2.17. The fourth-order valence-corrected chi connectivity index (χ4v) is 2.18. The molecule has 0 aromatic rings. The van der Waals surface area contributed by atoms with Crippen LogP contribution in [-0.2, 0) is 0 Å². The van der Waals surface area contributed by atoms with Gasteiger partial charge in [0.1, 0.15) is 0 Å². The predicted octanol–water partition coefficient (Wildman–Crippen LogP) is 4.62. The maximum absolute atomic E-state index is 3.76. The van der Waals surface area contributed by atoms with Gasteiger partial charge in [0.15, 0.2) is 0 Å². The van der Waals surface area contributed by atoms with Crippen LogP contribution in [0.15, 0.2) is 0 Å². The van der Waals surface area contributed by atoms with E-state index in [1.165, 1.54) is 25.7 Å². The zero-order valence-electron chi connectivity index (χ0n) is 8.94. The number of hydrogen-bond donors (Lipinski definition) is 0. The van der Waals surface area contributed by atoms with Gasteiger partial charge in [-0.1, -0.05) is 56.5 Å². The van der Waals surface area contributed by atoms with Crippen molar-refractivity contribution in [2.75, 3.05) is 0 Å². The Labute approximate surface area is 86.3 Å². The van der Waals surface area contributed by atoms with Crippen LogP contribution >= 0.6 is 15.9 Å². The van der Waals surface area contributed by atoms with Gasteiger partial charge in [0, 0.05) is 4.83 Å². The van der Waals surface area contributed by atoms with Gasteiger partial charge in [0.2, 0.25) is 0 Å². The zero-order chi connectivity index (χ0) is 9.56. The van der Waals surface area contributed by atoms with Crippen molar-refractivity contribution in [3.8, 4) is 0 Å². The second-order valence-electron chi connectivity index (χ2n) is 3.84. The highest BCUT2D eigenvalue weighted by atomic mass is 79.9. The molecule has 0 fully saturated rings. The van der Waals surface area contributed by atoms with Gasteiger partial charge in [-0.05, 0) is 24.7 Å². The lowest BCUT2D eigenvalue weighted by Crippen LogP contribution is -2.15. The molecule has 3 atom stereocenters. The van der Waals surface area contributed by atoms with Crippen molar-refractivity contribution in [3.05, 3.63) is 0 Å². The van der Waals surface area contributed by atoms with E-state index in [0.717, 1.165) is 16.7 Å². The van der Waals surface area contributed by atoms with Crippen molar-refractivity contribution < 1.29 is 0 Å². The zero-order valence-corrected chi connectivity index (χ0v) is 10.5. The minimum absolute atomic E-state index is 0.733. The van der Waals surface area contributed by atoms with E-state index >= 15 is 0 Å². The molecule has 0 saturated heterocycles. The number of halogens is 1. The van der Waals surface area contributed by atoms with Crippen molar-refractivity contribution in [1.29, 1.82) is 0 Å². The van der Waals surface area contributed by atoms with Crippen LogP contribution in [-0.4, -0.2) is 4.83 Å². The van der Waals surface area contributed by atoms with Crippen LogP contribution in [0.3, 0.4) is 0 Å². The van der Waals surface area contributed by atoms with Crippen LogP contribution in [0, 0.1) is 11.8 Å². The fraction of sp³-hybridized carbons (Fsp3) is 1.00. The highest BCUT2D eigenvalue weighted by molar-refractivity contribution is 9.09. The van der Waals surface area contributed by atoms with Gasteiger partial charge >= 0.3 is 0 Å². The van der Waals surface area contributed by atoms with Crippen molar-refractivity contribution in [3.63, 3.8) is 0 Å². The summed E-state index contributed by atoms with van der Waals surface area (Å²) in [6.45, 7) is 9.21. The van der Waals surface area contributed by atoms with Gasteiger partial charge < -0.3 is 0 Å². The molecule has 0 aliphatic heterocycles. The van der Waals surface area contributed by atoms with Crippen molar-refractivity contribution in [2.45, 2.75) is 58.2 Å². The van der Waals surface area contributed by atoms with Gasteiger partial charge in [0.25, 0.3) is 0 Å². The second kappa shape index (κ2) is 6.94. The molecule has 0 bridgehead atoms. The topological polar surface area (TPSA) is 0 Å². The SMILES string of the molecule is CCC(C)CC(CC)C(Br)CC. The van der Waals surface area contributed by atoms with Gasteiger partial charge in [-0.25, -0.2) is 0 Å². The lowest BCUT2D eigenvalue weighted by atomic mass is 9.89. The third-order valence-electron chi connectivity index (χ3n) is 2.83. The molecule has 0 N–H and O–H groups in total. The normalized spacial score (nSPS) is 18.8. The summed E-state index contributed by atoms with van der Waals surface area (Å²) in [6.07, 6.45) is 5.28. The molecule has 0 aliphatic rings. The van der Waals surface area contributed by atoms with Crippen molar-refractivity contribution >= 4 is 15.9 Å². The molecule has 74 valence electrons. The minimum Gasteiger partial charge on any atom is -0.0888 e. The van der Waals surface area contributed by atoms with Crippen LogP contribution in [0.2, 0.25) is 0 Å². The first-order valence-electron chi connectivity index (χ1n) is 5.29. The molecule has 0 aliphatic carbocycles. The molecule has 0 rings (SSSR count). The summed E-state index contributed by atoms with van der Waals surface area (Å²) in [5.41, 5.74) is 0. The molecule has 0 spiro atoms. The van der Waals surface area contributed by atoms with E-state index in [4.69, 9.17) is 0 Å². The average molecular weight is 235 g/mol. The Morgan fingerprint density at radius 2 is 1.58 bits per heavy atom. The van der Waals surface area contributed by atoms with Crippen molar-refractivity contribution in [1.82, 2.24) is 0 Å². The molecule has 0 amide bonds. The van der Waals surface area contributed by atoms with E-state index in [2.05, 4.69) is 43.6 Å². The van der Waals surface area contributed by atoms with E-state index in [-0.39, 0.29) is 0 Å². The molecule has 0 nitrogen and oxygen atoms in total. The molecule has 1 heteroatoms. The molecular formula is C11H23Br. The third-order valence-corrected chi connectivity index (χ3v) is 4.22. The van der Waals surface area contributed by atoms with Crippen LogP contribution in [0.4, 0.5) is 0 Å². The Morgan fingerprint density at radius 3 is 1.92 bits per heavy atom. The van der Waals surface area contributed by atoms with Gasteiger partial charge in [0.05, 0.1) is 0 Å². The first-order valence-corrected chi connectivity index (χ1v) is 6.21. The Balaban J connectivity index is 3.81. The minimum atomic E-state index is 0.733. The molecular weight excluding hydrogens is 212 g/mol. The summed E-state index contributed by atoms with van der Waals surface area (Å²) in [6, 6.07) is 0. The van der Waals surface area contributed by atoms with E-state index in [1.807, 2.05) is 0 Å². The summed E-state index contributed by atoms with van der Waals surface area (Å²) in [7, 11) is 0. The van der Waals surface area contributed by atoms with Gasteiger partial charge in [-0.3, -0.25) is 0 Å². The van der Waals surface area contributed by atoms with Gasteiger partial charge in [-0.2, -0.15) is 0 Å². The maximum Gasteiger partial charge on any atom is 0.0171 e. The van der Waals surface area contributed by atoms with Crippen molar-refractivity contribution in [2.24, 2.45) is 11.8 Å². The second-order valence-corrected chi connectivity index (χ2v) is 5.02. The predicted molar refractivity (Wildman–Crippen MR) is 60.9 cm³/mol. The largest absolute Gasteiger partial charge is 0.0888 e. The standard InChI is InChI=1S/C11H23Br/c1-5-9(4)8-10(6-2)11(12)7-3/h9-11H,5-8H2,1-4H3. The Morgan fingerprint density at radius 1 is 1.00 bits per heavy atom. The summed E-state index contributed by atoms with van der Waals surface area (Å²) in [5.74, 6) is 1.77. The van der Waals surface area contributed by atoms with E-state index in [1.54, 1.807) is 0 Å². The van der Waals surface area contributed by atoms with Crippen LogP contribution in [0.1, 0.15) is 53.4 Å². The van der Waals surface area contributed by atoms with E-state index < -0.39 is 0 Å². The summed E-state index contributed by atoms with van der Waals surface area (Å²) >= 11 is 3.76. The van der Waals surface area contributed by atoms with Crippen LogP contribution in [0.25, 0.3) is 0 Å². The third kappa shape index (κ3) is 4.49. The molecule has 3 unspecified atom stereocenters. The monoisotopic (exact) mass is 234 g/mol. The van der Waals surface area contributed by atoms with Crippen LogP contribution in [0.5, 0.6) is 0 Å². The fourth-order valence-electron chi connectivity index (χ4n) is 1.59. The summed E-state index contributed by atoms with van der Waals surface area (Å²) in [5, 5.41) is 0. The first kappa shape index (κ1) is 12.5. The number of alkyl halides is 1. The smallest absolute Gasteiger partial charge is 0.0171 e. The van der Waals surface area contributed by atoms with Gasteiger partial charge in [-0.15, -0.1) is 0 Å². The maximum atomic E-state index is 3.76. The average Bonchev–Trinajstić information content (AvgIpc) is 2.12. The molecule has 0 aromatic heterocycles. The lowest BCUT2D eigenvalue weighted by molar-refractivity contribution is 0.363. The molecule has 12 heavy (non-hydrogen) atoms. The number of rotatable bonds is 6. The Bertz CT molecular complexity index is 101. The summed E-state index contributed by atoms with van der Waals surface area (Å²) in [4.78, 5) is 0.733. The highest BCUT2D eigenvalue weighted by Crippen LogP contribution is 2.27. The van der Waals surface area contributed by atoms with E-state index in [0.29, 0.717) is 0 Å². The number of hydrogen-bond acceptors (Lipinski definition) is 0. The quantitative estimate of drug-likeness (QED) is 0.589. The Hall–Kier alpha value is 0.480. The lowest BCUT2D eigenvalue weighted by Gasteiger charge is -2.22. The molecule has 0 radical (unpaired) electrons.